The normalized spacial score (nSPS) is 23.8. The van der Waals surface area contributed by atoms with Crippen molar-refractivity contribution in [3.05, 3.63) is 0 Å². The van der Waals surface area contributed by atoms with Crippen molar-refractivity contribution in [2.45, 2.75) is 25.3 Å². The van der Waals surface area contributed by atoms with Crippen LogP contribution in [0.3, 0.4) is 0 Å². The summed E-state index contributed by atoms with van der Waals surface area (Å²) in [5.74, 6) is 0. The Kier molecular flexibility index (Phi) is 2.68. The van der Waals surface area contributed by atoms with Crippen molar-refractivity contribution < 1.29 is 4.79 Å². The van der Waals surface area contributed by atoms with Gasteiger partial charge in [-0.2, -0.15) is 0 Å². The van der Waals surface area contributed by atoms with Crippen molar-refractivity contribution in [1.82, 2.24) is 15.5 Å². The molecule has 1 aliphatic carbocycles. The SMILES string of the molecule is O=C(NC1CC1)N1CCCNCC1. The van der Waals surface area contributed by atoms with E-state index in [4.69, 9.17) is 0 Å². The molecule has 0 aromatic carbocycles. The van der Waals surface area contributed by atoms with E-state index in [0.29, 0.717) is 6.04 Å². The number of urea groups is 1. The Labute approximate surface area is 78.7 Å². The number of nitrogens with one attached hydrogen (secondary N) is 2. The summed E-state index contributed by atoms with van der Waals surface area (Å²) in [6, 6.07) is 0.606. The molecule has 74 valence electrons. The molecule has 4 heteroatoms. The molecule has 1 saturated heterocycles. The van der Waals surface area contributed by atoms with Crippen LogP contribution in [0.5, 0.6) is 0 Å². The maximum atomic E-state index is 11.6. The van der Waals surface area contributed by atoms with Crippen molar-refractivity contribution in [2.75, 3.05) is 26.2 Å². The predicted octanol–water partition coefficient (Wildman–Crippen LogP) is 0.154. The summed E-state index contributed by atoms with van der Waals surface area (Å²) >= 11 is 0. The minimum absolute atomic E-state index is 0.131. The molecule has 0 bridgehead atoms. The largest absolute Gasteiger partial charge is 0.335 e. The zero-order chi connectivity index (χ0) is 9.10. The molecule has 0 aromatic heterocycles. The Bertz CT molecular complexity index is 183. The summed E-state index contributed by atoms with van der Waals surface area (Å²) in [7, 11) is 0. The Morgan fingerprint density at radius 1 is 1.31 bits per heavy atom. The monoisotopic (exact) mass is 183 g/mol. The van der Waals surface area contributed by atoms with Crippen LogP contribution in [0.25, 0.3) is 0 Å². The summed E-state index contributed by atoms with van der Waals surface area (Å²) < 4.78 is 0. The third kappa shape index (κ3) is 2.59. The number of hydrogen-bond donors (Lipinski definition) is 2. The van der Waals surface area contributed by atoms with E-state index in [0.717, 1.165) is 45.4 Å². The van der Waals surface area contributed by atoms with Crippen LogP contribution in [0.2, 0.25) is 0 Å². The first kappa shape index (κ1) is 8.81. The molecule has 2 fully saturated rings. The van der Waals surface area contributed by atoms with Gasteiger partial charge in [0.25, 0.3) is 0 Å². The van der Waals surface area contributed by atoms with E-state index in [1.807, 2.05) is 4.90 Å². The lowest BCUT2D eigenvalue weighted by Gasteiger charge is -2.20. The summed E-state index contributed by atoms with van der Waals surface area (Å²) in [6.07, 6.45) is 3.40. The van der Waals surface area contributed by atoms with Gasteiger partial charge in [-0.1, -0.05) is 0 Å². The third-order valence-electron chi connectivity index (χ3n) is 2.53. The van der Waals surface area contributed by atoms with E-state index in [9.17, 15) is 4.79 Å². The van der Waals surface area contributed by atoms with Crippen LogP contribution in [0.4, 0.5) is 4.79 Å². The quantitative estimate of drug-likeness (QED) is 0.608. The topological polar surface area (TPSA) is 44.4 Å². The second-order valence-electron chi connectivity index (χ2n) is 3.81. The van der Waals surface area contributed by atoms with E-state index < -0.39 is 0 Å². The third-order valence-corrected chi connectivity index (χ3v) is 2.53. The van der Waals surface area contributed by atoms with E-state index >= 15 is 0 Å². The van der Waals surface area contributed by atoms with Crippen molar-refractivity contribution in [3.63, 3.8) is 0 Å². The molecule has 4 nitrogen and oxygen atoms in total. The van der Waals surface area contributed by atoms with E-state index in [-0.39, 0.29) is 6.03 Å². The summed E-state index contributed by atoms with van der Waals surface area (Å²) in [5, 5.41) is 6.29. The zero-order valence-electron chi connectivity index (χ0n) is 7.88. The van der Waals surface area contributed by atoms with Crippen molar-refractivity contribution in [2.24, 2.45) is 0 Å². The average Bonchev–Trinajstić information content (AvgIpc) is 2.87. The molecule has 1 aliphatic heterocycles. The Balaban J connectivity index is 1.78. The van der Waals surface area contributed by atoms with Gasteiger partial charge in [-0.15, -0.1) is 0 Å². The average molecular weight is 183 g/mol. The van der Waals surface area contributed by atoms with Crippen molar-refractivity contribution >= 4 is 6.03 Å². The van der Waals surface area contributed by atoms with Gasteiger partial charge in [0, 0.05) is 25.7 Å². The van der Waals surface area contributed by atoms with Crippen LogP contribution < -0.4 is 10.6 Å². The van der Waals surface area contributed by atoms with Crippen LogP contribution >= 0.6 is 0 Å². The molecule has 2 amide bonds. The molecule has 2 N–H and O–H groups in total. The lowest BCUT2D eigenvalue weighted by molar-refractivity contribution is 0.201. The number of rotatable bonds is 1. The minimum atomic E-state index is 0.131. The molecule has 2 aliphatic rings. The van der Waals surface area contributed by atoms with Gasteiger partial charge in [-0.05, 0) is 25.8 Å². The molecule has 0 unspecified atom stereocenters. The van der Waals surface area contributed by atoms with Gasteiger partial charge < -0.3 is 15.5 Å². The number of carbonyl (C=O) groups excluding carboxylic acids is 1. The van der Waals surface area contributed by atoms with Crippen molar-refractivity contribution in [3.8, 4) is 0 Å². The highest BCUT2D eigenvalue weighted by atomic mass is 16.2. The Morgan fingerprint density at radius 2 is 2.15 bits per heavy atom. The zero-order valence-corrected chi connectivity index (χ0v) is 7.88. The highest BCUT2D eigenvalue weighted by molar-refractivity contribution is 5.74. The molecule has 13 heavy (non-hydrogen) atoms. The van der Waals surface area contributed by atoms with E-state index in [2.05, 4.69) is 10.6 Å². The second kappa shape index (κ2) is 3.96. The Morgan fingerprint density at radius 3 is 2.92 bits per heavy atom. The fourth-order valence-electron chi connectivity index (χ4n) is 1.54. The first-order valence-electron chi connectivity index (χ1n) is 5.12. The summed E-state index contributed by atoms with van der Waals surface area (Å²) in [4.78, 5) is 13.5. The van der Waals surface area contributed by atoms with Crippen LogP contribution in [0, 0.1) is 0 Å². The van der Waals surface area contributed by atoms with Gasteiger partial charge in [-0.25, -0.2) is 4.79 Å². The number of amides is 2. The number of nitrogens with zero attached hydrogens (tertiary/aromatic N) is 1. The smallest absolute Gasteiger partial charge is 0.317 e. The van der Waals surface area contributed by atoms with Crippen LogP contribution in [0.1, 0.15) is 19.3 Å². The summed E-state index contributed by atoms with van der Waals surface area (Å²) in [5.41, 5.74) is 0. The molecular weight excluding hydrogens is 166 g/mol. The molecule has 0 atom stereocenters. The summed E-state index contributed by atoms with van der Waals surface area (Å²) in [6.45, 7) is 3.70. The van der Waals surface area contributed by atoms with Gasteiger partial charge in [0.15, 0.2) is 0 Å². The van der Waals surface area contributed by atoms with E-state index in [1.54, 1.807) is 0 Å². The standard InChI is InChI=1S/C9H17N3O/c13-9(11-8-2-3-8)12-6-1-4-10-5-7-12/h8,10H,1-7H2,(H,11,13). The van der Waals surface area contributed by atoms with Gasteiger partial charge in [-0.3, -0.25) is 0 Å². The highest BCUT2D eigenvalue weighted by Gasteiger charge is 2.25. The number of hydrogen-bond acceptors (Lipinski definition) is 2. The molecule has 0 spiro atoms. The molecule has 1 saturated carbocycles. The van der Waals surface area contributed by atoms with Gasteiger partial charge in [0.05, 0.1) is 0 Å². The maximum Gasteiger partial charge on any atom is 0.317 e. The number of carbonyl (C=O) groups is 1. The Hall–Kier alpha value is -0.770. The highest BCUT2D eigenvalue weighted by Crippen LogP contribution is 2.18. The lowest BCUT2D eigenvalue weighted by Crippen LogP contribution is -2.42. The minimum Gasteiger partial charge on any atom is -0.335 e. The van der Waals surface area contributed by atoms with Crippen LogP contribution in [-0.4, -0.2) is 43.2 Å². The van der Waals surface area contributed by atoms with E-state index in [1.165, 1.54) is 0 Å². The van der Waals surface area contributed by atoms with Gasteiger partial charge >= 0.3 is 6.03 Å². The van der Waals surface area contributed by atoms with Crippen LogP contribution in [-0.2, 0) is 0 Å². The van der Waals surface area contributed by atoms with Gasteiger partial charge in [0.2, 0.25) is 0 Å². The fraction of sp³-hybridized carbons (Fsp3) is 0.889. The van der Waals surface area contributed by atoms with Gasteiger partial charge in [0.1, 0.15) is 0 Å². The van der Waals surface area contributed by atoms with Crippen LogP contribution in [0.15, 0.2) is 0 Å². The lowest BCUT2D eigenvalue weighted by atomic mass is 10.4. The van der Waals surface area contributed by atoms with Crippen molar-refractivity contribution in [1.29, 1.82) is 0 Å². The molecule has 0 aromatic rings. The first-order valence-corrected chi connectivity index (χ1v) is 5.12. The molecule has 2 rings (SSSR count). The predicted molar refractivity (Wildman–Crippen MR) is 50.6 cm³/mol. The second-order valence-corrected chi connectivity index (χ2v) is 3.81. The fourth-order valence-corrected chi connectivity index (χ4v) is 1.54. The molecular formula is C9H17N3O. The molecule has 1 heterocycles. The first-order chi connectivity index (χ1) is 6.36. The maximum absolute atomic E-state index is 11.6. The molecule has 0 radical (unpaired) electrons.